The minimum atomic E-state index is -1.02. The molecule has 2 atom stereocenters. The van der Waals surface area contributed by atoms with Crippen LogP contribution in [0.5, 0.6) is 5.75 Å². The van der Waals surface area contributed by atoms with Crippen molar-refractivity contribution < 1.29 is 14.6 Å². The van der Waals surface area contributed by atoms with E-state index >= 15 is 0 Å². The Labute approximate surface area is 120 Å². The second-order valence-electron chi connectivity index (χ2n) is 4.75. The van der Waals surface area contributed by atoms with Crippen LogP contribution < -0.4 is 0 Å². The summed E-state index contributed by atoms with van der Waals surface area (Å²) in [4.78, 5) is 4.10. The molecule has 0 radical (unpaired) electrons. The number of phenols is 1. The van der Waals surface area contributed by atoms with E-state index in [4.69, 9.17) is 21.1 Å². The number of benzene rings is 1. The van der Waals surface area contributed by atoms with Crippen molar-refractivity contribution in [3.05, 3.63) is 40.9 Å². The number of nitrogens with one attached hydrogen (secondary N) is 1. The molecule has 0 bridgehead atoms. The number of aromatic nitrogens is 3. The molecule has 0 aliphatic carbocycles. The van der Waals surface area contributed by atoms with Gasteiger partial charge in [-0.05, 0) is 25.1 Å². The molecule has 106 valence electrons. The number of hydrogen-bond donors (Lipinski definition) is 2. The Morgan fingerprint density at radius 1 is 1.55 bits per heavy atom. The highest BCUT2D eigenvalue weighted by Crippen LogP contribution is 2.41. The number of hydrogen-bond acceptors (Lipinski definition) is 5. The maximum atomic E-state index is 9.48. The molecular formula is C13H14ClN3O3. The Morgan fingerprint density at radius 3 is 3.00 bits per heavy atom. The SMILES string of the molecule is CC1COC(Cc2nc[nH]n2)(c2ccc(O)cc2Cl)O1. The third-order valence-corrected chi connectivity index (χ3v) is 3.47. The topological polar surface area (TPSA) is 80.3 Å². The van der Waals surface area contributed by atoms with Crippen LogP contribution in [0.1, 0.15) is 18.3 Å². The van der Waals surface area contributed by atoms with Crippen LogP contribution in [0.3, 0.4) is 0 Å². The van der Waals surface area contributed by atoms with E-state index in [9.17, 15) is 5.11 Å². The number of nitrogens with zero attached hydrogens (tertiary/aromatic N) is 2. The molecule has 7 heteroatoms. The normalized spacial score (nSPS) is 26.0. The largest absolute Gasteiger partial charge is 0.508 e. The van der Waals surface area contributed by atoms with Gasteiger partial charge in [0.2, 0.25) is 5.79 Å². The molecule has 0 saturated carbocycles. The number of aromatic hydroxyl groups is 1. The molecule has 1 aromatic heterocycles. The lowest BCUT2D eigenvalue weighted by Gasteiger charge is -2.28. The monoisotopic (exact) mass is 295 g/mol. The van der Waals surface area contributed by atoms with E-state index in [0.29, 0.717) is 29.4 Å². The van der Waals surface area contributed by atoms with Crippen LogP contribution in [0.25, 0.3) is 0 Å². The van der Waals surface area contributed by atoms with E-state index in [1.165, 1.54) is 12.4 Å². The van der Waals surface area contributed by atoms with Crippen LogP contribution in [-0.4, -0.2) is 33.0 Å². The lowest BCUT2D eigenvalue weighted by Crippen LogP contribution is -2.31. The summed E-state index contributed by atoms with van der Waals surface area (Å²) in [6.07, 6.45) is 1.78. The van der Waals surface area contributed by atoms with Crippen LogP contribution in [0.2, 0.25) is 5.02 Å². The predicted octanol–water partition coefficient (Wildman–Crippen LogP) is 1.99. The highest BCUT2D eigenvalue weighted by Gasteiger charge is 2.44. The van der Waals surface area contributed by atoms with Gasteiger partial charge in [0.1, 0.15) is 12.1 Å². The summed E-state index contributed by atoms with van der Waals surface area (Å²) in [6.45, 7) is 2.38. The van der Waals surface area contributed by atoms with Gasteiger partial charge in [-0.25, -0.2) is 4.98 Å². The summed E-state index contributed by atoms with van der Waals surface area (Å²) in [5.41, 5.74) is 0.658. The van der Waals surface area contributed by atoms with Gasteiger partial charge in [0.05, 0.1) is 24.2 Å². The fraction of sp³-hybridized carbons (Fsp3) is 0.385. The lowest BCUT2D eigenvalue weighted by atomic mass is 10.0. The van der Waals surface area contributed by atoms with Gasteiger partial charge in [-0.2, -0.15) is 5.10 Å². The van der Waals surface area contributed by atoms with E-state index in [0.717, 1.165) is 0 Å². The fourth-order valence-corrected chi connectivity index (χ4v) is 2.63. The van der Waals surface area contributed by atoms with Gasteiger partial charge in [0.25, 0.3) is 0 Å². The van der Waals surface area contributed by atoms with Crippen molar-refractivity contribution in [3.8, 4) is 5.75 Å². The molecule has 1 saturated heterocycles. The zero-order valence-corrected chi connectivity index (χ0v) is 11.6. The molecule has 2 aromatic rings. The molecule has 2 N–H and O–H groups in total. The second kappa shape index (κ2) is 5.05. The molecule has 1 aromatic carbocycles. The molecule has 1 aliphatic rings. The maximum Gasteiger partial charge on any atom is 0.204 e. The van der Waals surface area contributed by atoms with E-state index in [1.807, 2.05) is 6.92 Å². The van der Waals surface area contributed by atoms with E-state index in [1.54, 1.807) is 12.1 Å². The van der Waals surface area contributed by atoms with Gasteiger partial charge in [-0.15, -0.1) is 0 Å². The Morgan fingerprint density at radius 2 is 2.40 bits per heavy atom. The molecule has 20 heavy (non-hydrogen) atoms. The molecule has 2 heterocycles. The molecule has 6 nitrogen and oxygen atoms in total. The van der Waals surface area contributed by atoms with Gasteiger partial charge >= 0.3 is 0 Å². The van der Waals surface area contributed by atoms with Gasteiger partial charge in [0, 0.05) is 5.56 Å². The number of aromatic amines is 1. The summed E-state index contributed by atoms with van der Waals surface area (Å²) in [6, 6.07) is 4.71. The predicted molar refractivity (Wildman–Crippen MR) is 71.4 cm³/mol. The average Bonchev–Trinajstić information content (AvgIpc) is 3.00. The van der Waals surface area contributed by atoms with Crippen molar-refractivity contribution in [2.24, 2.45) is 0 Å². The van der Waals surface area contributed by atoms with E-state index in [2.05, 4.69) is 15.2 Å². The van der Waals surface area contributed by atoms with Crippen molar-refractivity contribution in [3.63, 3.8) is 0 Å². The van der Waals surface area contributed by atoms with Crippen LogP contribution in [0.15, 0.2) is 24.5 Å². The molecule has 0 amide bonds. The number of rotatable bonds is 3. The standard InChI is InChI=1S/C13H14ClN3O3/c1-8-6-19-13(20-8,5-12-15-7-16-17-12)10-3-2-9(18)4-11(10)14/h2-4,7-8,18H,5-6H2,1H3,(H,15,16,17). The first kappa shape index (κ1) is 13.4. The van der Waals surface area contributed by atoms with Crippen LogP contribution in [0, 0.1) is 0 Å². The van der Waals surface area contributed by atoms with Crippen LogP contribution >= 0.6 is 11.6 Å². The molecule has 3 rings (SSSR count). The summed E-state index contributed by atoms with van der Waals surface area (Å²) in [7, 11) is 0. The number of ether oxygens (including phenoxy) is 2. The molecule has 1 aliphatic heterocycles. The third-order valence-electron chi connectivity index (χ3n) is 3.16. The quantitative estimate of drug-likeness (QED) is 0.905. The van der Waals surface area contributed by atoms with Gasteiger partial charge in [0.15, 0.2) is 5.82 Å². The zero-order valence-electron chi connectivity index (χ0n) is 10.8. The molecule has 0 spiro atoms. The first-order chi connectivity index (χ1) is 9.59. The second-order valence-corrected chi connectivity index (χ2v) is 5.16. The molecule has 1 fully saturated rings. The fourth-order valence-electron chi connectivity index (χ4n) is 2.32. The Kier molecular flexibility index (Phi) is 3.37. The maximum absolute atomic E-state index is 9.48. The number of phenolic OH excluding ortho intramolecular Hbond substituents is 1. The van der Waals surface area contributed by atoms with E-state index < -0.39 is 5.79 Å². The van der Waals surface area contributed by atoms with E-state index in [-0.39, 0.29) is 11.9 Å². The zero-order chi connectivity index (χ0) is 14.2. The summed E-state index contributed by atoms with van der Waals surface area (Å²) >= 11 is 6.22. The number of halogens is 1. The third kappa shape index (κ3) is 2.37. The smallest absolute Gasteiger partial charge is 0.204 e. The summed E-state index contributed by atoms with van der Waals surface area (Å²) in [5, 5.41) is 16.6. The van der Waals surface area contributed by atoms with Crippen LogP contribution in [0.4, 0.5) is 0 Å². The van der Waals surface area contributed by atoms with Crippen molar-refractivity contribution in [2.45, 2.75) is 25.2 Å². The minimum absolute atomic E-state index is 0.0567. The minimum Gasteiger partial charge on any atom is -0.508 e. The average molecular weight is 296 g/mol. The Bertz CT molecular complexity index is 605. The van der Waals surface area contributed by atoms with Gasteiger partial charge in [-0.1, -0.05) is 11.6 Å². The Hall–Kier alpha value is -1.63. The number of H-pyrrole nitrogens is 1. The van der Waals surface area contributed by atoms with Gasteiger partial charge in [-0.3, -0.25) is 5.10 Å². The van der Waals surface area contributed by atoms with Gasteiger partial charge < -0.3 is 14.6 Å². The molecule has 2 unspecified atom stereocenters. The lowest BCUT2D eigenvalue weighted by molar-refractivity contribution is -0.175. The van der Waals surface area contributed by atoms with Crippen molar-refractivity contribution >= 4 is 11.6 Å². The highest BCUT2D eigenvalue weighted by atomic mass is 35.5. The summed E-state index contributed by atoms with van der Waals surface area (Å²) in [5.74, 6) is -0.354. The Balaban J connectivity index is 2.01. The first-order valence-corrected chi connectivity index (χ1v) is 6.62. The highest BCUT2D eigenvalue weighted by molar-refractivity contribution is 6.31. The van der Waals surface area contributed by atoms with Crippen LogP contribution in [-0.2, 0) is 21.7 Å². The summed E-state index contributed by atoms with van der Waals surface area (Å²) < 4.78 is 11.8. The first-order valence-electron chi connectivity index (χ1n) is 6.24. The van der Waals surface area contributed by atoms with Crippen molar-refractivity contribution in [1.82, 2.24) is 15.2 Å². The molecular weight excluding hydrogens is 282 g/mol. The van der Waals surface area contributed by atoms with Crippen molar-refractivity contribution in [1.29, 1.82) is 0 Å². The van der Waals surface area contributed by atoms with Crippen molar-refractivity contribution in [2.75, 3.05) is 6.61 Å².